The Hall–Kier alpha value is -1.09. The van der Waals surface area contributed by atoms with Crippen LogP contribution in [0, 0.1) is 0 Å². The third-order valence-electron chi connectivity index (χ3n) is 2.91. The third kappa shape index (κ3) is 3.19. The maximum Gasteiger partial charge on any atom is 0.129 e. The summed E-state index contributed by atoms with van der Waals surface area (Å²) in [6.07, 6.45) is 4.85. The van der Waals surface area contributed by atoms with Crippen LogP contribution in [-0.4, -0.2) is 10.4 Å². The Labute approximate surface area is 110 Å². The van der Waals surface area contributed by atoms with E-state index in [0.29, 0.717) is 6.42 Å². The van der Waals surface area contributed by atoms with Crippen molar-refractivity contribution in [1.29, 1.82) is 0 Å². The van der Waals surface area contributed by atoms with Crippen LogP contribution >= 0.6 is 15.9 Å². The van der Waals surface area contributed by atoms with Gasteiger partial charge in [0.05, 0.1) is 0 Å². The minimum absolute atomic E-state index is 0.284. The molecule has 0 amide bonds. The molecule has 0 atom stereocenters. The van der Waals surface area contributed by atoms with E-state index in [1.54, 1.807) is 6.92 Å². The summed E-state index contributed by atoms with van der Waals surface area (Å²) in [6.45, 7) is 2.64. The smallest absolute Gasteiger partial charge is 0.129 e. The van der Waals surface area contributed by atoms with Gasteiger partial charge in [-0.1, -0.05) is 15.9 Å². The Balaban J connectivity index is 2.01. The van der Waals surface area contributed by atoms with Crippen molar-refractivity contribution in [3.8, 4) is 0 Å². The van der Waals surface area contributed by atoms with Crippen LogP contribution in [-0.2, 0) is 11.3 Å². The molecule has 1 aromatic heterocycles. The molecule has 0 saturated heterocycles. The lowest BCUT2D eigenvalue weighted by atomic mass is 10.2. The zero-order chi connectivity index (χ0) is 12.3. The van der Waals surface area contributed by atoms with Crippen LogP contribution in [0.4, 0.5) is 0 Å². The lowest BCUT2D eigenvalue weighted by Crippen LogP contribution is -1.97. The molecule has 0 spiro atoms. The molecule has 0 N–H and O–H groups in total. The summed E-state index contributed by atoms with van der Waals surface area (Å²) < 4.78 is 3.36. The van der Waals surface area contributed by atoms with Gasteiger partial charge < -0.3 is 9.36 Å². The first-order valence-corrected chi connectivity index (χ1v) is 6.70. The highest BCUT2D eigenvalue weighted by molar-refractivity contribution is 9.10. The van der Waals surface area contributed by atoms with Gasteiger partial charge in [0, 0.05) is 34.5 Å². The number of unbranched alkanes of at least 4 members (excludes halogenated alkanes) is 1. The molecule has 0 aliphatic heterocycles. The molecule has 0 aliphatic rings. The van der Waals surface area contributed by atoms with E-state index < -0.39 is 0 Å². The number of fused-ring (bicyclic) bond motifs is 1. The molecule has 1 aromatic carbocycles. The van der Waals surface area contributed by atoms with E-state index in [2.05, 4.69) is 51.0 Å². The Morgan fingerprint density at radius 1 is 1.29 bits per heavy atom. The second kappa shape index (κ2) is 5.50. The number of ketones is 1. The van der Waals surface area contributed by atoms with Crippen molar-refractivity contribution in [3.05, 3.63) is 34.9 Å². The number of nitrogens with zero attached hydrogens (tertiary/aromatic N) is 1. The van der Waals surface area contributed by atoms with E-state index in [1.165, 1.54) is 10.9 Å². The van der Waals surface area contributed by atoms with Crippen LogP contribution in [0.15, 0.2) is 34.9 Å². The summed E-state index contributed by atoms with van der Waals surface area (Å²) in [5, 5.41) is 1.26. The van der Waals surface area contributed by atoms with Crippen molar-refractivity contribution >= 4 is 32.6 Å². The van der Waals surface area contributed by atoms with Gasteiger partial charge in [-0.2, -0.15) is 0 Å². The zero-order valence-electron chi connectivity index (χ0n) is 9.95. The highest BCUT2D eigenvalue weighted by Crippen LogP contribution is 2.21. The summed E-state index contributed by atoms with van der Waals surface area (Å²) in [5.74, 6) is 0.284. The number of hydrogen-bond donors (Lipinski definition) is 0. The van der Waals surface area contributed by atoms with Gasteiger partial charge >= 0.3 is 0 Å². The lowest BCUT2D eigenvalue weighted by Gasteiger charge is -2.04. The van der Waals surface area contributed by atoms with Gasteiger partial charge in [0.15, 0.2) is 0 Å². The first kappa shape index (κ1) is 12.4. The number of benzene rings is 1. The maximum absolute atomic E-state index is 10.8. The monoisotopic (exact) mass is 293 g/mol. The van der Waals surface area contributed by atoms with Crippen molar-refractivity contribution in [2.24, 2.45) is 0 Å². The van der Waals surface area contributed by atoms with Crippen molar-refractivity contribution in [2.75, 3.05) is 0 Å². The molecule has 2 rings (SSSR count). The Bertz CT molecular complexity index is 530. The fraction of sp³-hybridized carbons (Fsp3) is 0.357. The van der Waals surface area contributed by atoms with Gasteiger partial charge in [-0.3, -0.25) is 0 Å². The van der Waals surface area contributed by atoms with Gasteiger partial charge in [-0.05, 0) is 44.0 Å². The quantitative estimate of drug-likeness (QED) is 0.759. The van der Waals surface area contributed by atoms with E-state index >= 15 is 0 Å². The molecule has 2 nitrogen and oxygen atoms in total. The van der Waals surface area contributed by atoms with Gasteiger partial charge in [-0.25, -0.2) is 0 Å². The first-order chi connectivity index (χ1) is 8.16. The van der Waals surface area contributed by atoms with Crippen LogP contribution in [0.1, 0.15) is 26.2 Å². The molecule has 0 saturated carbocycles. The van der Waals surface area contributed by atoms with Crippen molar-refractivity contribution in [2.45, 2.75) is 32.7 Å². The summed E-state index contributed by atoms with van der Waals surface area (Å²) in [7, 11) is 0. The maximum atomic E-state index is 10.8. The summed E-state index contributed by atoms with van der Waals surface area (Å²) in [6, 6.07) is 8.45. The molecule has 3 heteroatoms. The molecule has 0 fully saturated rings. The Morgan fingerprint density at radius 2 is 2.12 bits per heavy atom. The van der Waals surface area contributed by atoms with Gasteiger partial charge in [0.1, 0.15) is 5.78 Å². The molecule has 1 heterocycles. The summed E-state index contributed by atoms with van der Waals surface area (Å²) in [5.41, 5.74) is 1.26. The SMILES string of the molecule is CC(=O)CCCCn1ccc2cc(Br)ccc21. The highest BCUT2D eigenvalue weighted by Gasteiger charge is 2.01. The summed E-state index contributed by atoms with van der Waals surface area (Å²) >= 11 is 3.47. The summed E-state index contributed by atoms with van der Waals surface area (Å²) in [4.78, 5) is 10.8. The molecule has 17 heavy (non-hydrogen) atoms. The fourth-order valence-corrected chi connectivity index (χ4v) is 2.40. The highest BCUT2D eigenvalue weighted by atomic mass is 79.9. The topological polar surface area (TPSA) is 22.0 Å². The van der Waals surface area contributed by atoms with Gasteiger partial charge in [-0.15, -0.1) is 0 Å². The van der Waals surface area contributed by atoms with Crippen LogP contribution in [0.5, 0.6) is 0 Å². The second-order valence-electron chi connectivity index (χ2n) is 4.37. The van der Waals surface area contributed by atoms with Gasteiger partial charge in [0.25, 0.3) is 0 Å². The average Bonchev–Trinajstić information content (AvgIpc) is 2.66. The first-order valence-electron chi connectivity index (χ1n) is 5.90. The Kier molecular flexibility index (Phi) is 4.00. The fourth-order valence-electron chi connectivity index (χ4n) is 2.02. The standard InChI is InChI=1S/C14H16BrNO/c1-11(17)4-2-3-8-16-9-7-12-10-13(15)5-6-14(12)16/h5-7,9-10H,2-4,8H2,1H3. The third-order valence-corrected chi connectivity index (χ3v) is 3.40. The number of carbonyl (C=O) groups excluding carboxylic acids is 1. The van der Waals surface area contributed by atoms with E-state index in [4.69, 9.17) is 0 Å². The Morgan fingerprint density at radius 3 is 2.88 bits per heavy atom. The van der Waals surface area contributed by atoms with Crippen molar-refractivity contribution in [1.82, 2.24) is 4.57 Å². The normalized spacial score (nSPS) is 10.9. The molecule has 0 aliphatic carbocycles. The lowest BCUT2D eigenvalue weighted by molar-refractivity contribution is -0.117. The molecule has 0 unspecified atom stereocenters. The average molecular weight is 294 g/mol. The second-order valence-corrected chi connectivity index (χ2v) is 5.29. The van der Waals surface area contributed by atoms with E-state index in [0.717, 1.165) is 23.9 Å². The molecular formula is C14H16BrNO. The van der Waals surface area contributed by atoms with Crippen LogP contribution in [0.25, 0.3) is 10.9 Å². The van der Waals surface area contributed by atoms with Crippen molar-refractivity contribution < 1.29 is 4.79 Å². The number of aryl methyl sites for hydroxylation is 1. The molecule has 90 valence electrons. The number of carbonyl (C=O) groups is 1. The van der Waals surface area contributed by atoms with Crippen molar-refractivity contribution in [3.63, 3.8) is 0 Å². The number of hydrogen-bond acceptors (Lipinski definition) is 1. The number of halogens is 1. The van der Waals surface area contributed by atoms with Crippen LogP contribution in [0.3, 0.4) is 0 Å². The molecule has 0 radical (unpaired) electrons. The predicted octanol–water partition coefficient (Wildman–Crippen LogP) is 4.16. The number of rotatable bonds is 5. The number of Topliss-reactive ketones (excluding diaryl/α,β-unsaturated/α-hetero) is 1. The zero-order valence-corrected chi connectivity index (χ0v) is 11.5. The van der Waals surface area contributed by atoms with Crippen LogP contribution < -0.4 is 0 Å². The predicted molar refractivity (Wildman–Crippen MR) is 74.2 cm³/mol. The molecule has 0 bridgehead atoms. The van der Waals surface area contributed by atoms with Crippen LogP contribution in [0.2, 0.25) is 0 Å². The van der Waals surface area contributed by atoms with E-state index in [-0.39, 0.29) is 5.78 Å². The minimum atomic E-state index is 0.284. The number of aromatic nitrogens is 1. The molecular weight excluding hydrogens is 278 g/mol. The molecule has 2 aromatic rings. The van der Waals surface area contributed by atoms with E-state index in [1.807, 2.05) is 0 Å². The van der Waals surface area contributed by atoms with Gasteiger partial charge in [0.2, 0.25) is 0 Å². The van der Waals surface area contributed by atoms with E-state index in [9.17, 15) is 4.79 Å². The largest absolute Gasteiger partial charge is 0.347 e. The minimum Gasteiger partial charge on any atom is -0.347 e.